The van der Waals surface area contributed by atoms with Gasteiger partial charge in [0, 0.05) is 18.1 Å². The molecule has 0 spiro atoms. The second kappa shape index (κ2) is 7.87. The minimum atomic E-state index is -0.156. The number of benzene rings is 2. The summed E-state index contributed by atoms with van der Waals surface area (Å²) < 4.78 is 3.35. The van der Waals surface area contributed by atoms with E-state index >= 15 is 0 Å². The summed E-state index contributed by atoms with van der Waals surface area (Å²) in [6.07, 6.45) is 5.68. The standard InChI is InChI=1S/C21H19N5O2/c27-20-13-24-26(19-9-5-4-8-18(19)20)15-21(28)22-11-10-16-12-23-25(14-16)17-6-2-1-3-7-17/h1-9,12-14H,10-11,15H2,(H,22,28). The summed E-state index contributed by atoms with van der Waals surface area (Å²) in [6, 6.07) is 17.0. The highest BCUT2D eigenvalue weighted by molar-refractivity contribution is 5.81. The first-order valence-electron chi connectivity index (χ1n) is 9.01. The topological polar surface area (TPSA) is 81.8 Å². The molecule has 0 saturated carbocycles. The molecule has 4 aromatic rings. The van der Waals surface area contributed by atoms with Crippen LogP contribution in [-0.2, 0) is 17.8 Å². The maximum atomic E-state index is 12.3. The van der Waals surface area contributed by atoms with Crippen molar-refractivity contribution in [1.29, 1.82) is 0 Å². The molecule has 0 fully saturated rings. The van der Waals surface area contributed by atoms with Crippen LogP contribution in [0.15, 0.2) is 78.0 Å². The van der Waals surface area contributed by atoms with Crippen molar-refractivity contribution >= 4 is 16.8 Å². The molecule has 0 unspecified atom stereocenters. The van der Waals surface area contributed by atoms with E-state index in [1.54, 1.807) is 29.1 Å². The Morgan fingerprint density at radius 3 is 2.61 bits per heavy atom. The van der Waals surface area contributed by atoms with Gasteiger partial charge < -0.3 is 5.32 Å². The summed E-state index contributed by atoms with van der Waals surface area (Å²) in [7, 11) is 0. The highest BCUT2D eigenvalue weighted by atomic mass is 16.2. The molecule has 0 bridgehead atoms. The van der Waals surface area contributed by atoms with E-state index in [4.69, 9.17) is 0 Å². The Morgan fingerprint density at radius 1 is 0.964 bits per heavy atom. The van der Waals surface area contributed by atoms with E-state index < -0.39 is 0 Å². The van der Waals surface area contributed by atoms with Gasteiger partial charge in [0.1, 0.15) is 6.54 Å². The zero-order valence-electron chi connectivity index (χ0n) is 15.2. The van der Waals surface area contributed by atoms with Gasteiger partial charge in [-0.15, -0.1) is 0 Å². The van der Waals surface area contributed by atoms with E-state index in [1.807, 2.05) is 47.3 Å². The lowest BCUT2D eigenvalue weighted by atomic mass is 10.2. The fourth-order valence-corrected chi connectivity index (χ4v) is 3.04. The van der Waals surface area contributed by atoms with E-state index in [-0.39, 0.29) is 17.9 Å². The van der Waals surface area contributed by atoms with Crippen LogP contribution in [0.25, 0.3) is 16.6 Å². The number of aromatic nitrogens is 4. The Labute approximate surface area is 161 Å². The molecule has 1 N–H and O–H groups in total. The number of carbonyl (C=O) groups excluding carboxylic acids is 1. The van der Waals surface area contributed by atoms with E-state index in [2.05, 4.69) is 15.5 Å². The predicted octanol–water partition coefficient (Wildman–Crippen LogP) is 1.94. The Kier molecular flexibility index (Phi) is 4.97. The molecule has 4 rings (SSSR count). The van der Waals surface area contributed by atoms with Crippen LogP contribution < -0.4 is 10.7 Å². The first kappa shape index (κ1) is 17.7. The average Bonchev–Trinajstić information content (AvgIpc) is 3.20. The Bertz CT molecular complexity index is 1160. The second-order valence-electron chi connectivity index (χ2n) is 6.41. The van der Waals surface area contributed by atoms with Gasteiger partial charge in [-0.25, -0.2) is 4.68 Å². The number of hydrogen-bond donors (Lipinski definition) is 1. The lowest BCUT2D eigenvalue weighted by Crippen LogP contribution is -2.30. The summed E-state index contributed by atoms with van der Waals surface area (Å²) >= 11 is 0. The third kappa shape index (κ3) is 3.83. The van der Waals surface area contributed by atoms with Crippen LogP contribution in [0.5, 0.6) is 0 Å². The van der Waals surface area contributed by atoms with Crippen molar-refractivity contribution in [2.45, 2.75) is 13.0 Å². The van der Waals surface area contributed by atoms with Crippen LogP contribution >= 0.6 is 0 Å². The number of hydrogen-bond acceptors (Lipinski definition) is 4. The largest absolute Gasteiger partial charge is 0.354 e. The third-order valence-corrected chi connectivity index (χ3v) is 4.45. The molecule has 0 aliphatic heterocycles. The van der Waals surface area contributed by atoms with E-state index in [0.717, 1.165) is 11.3 Å². The van der Waals surface area contributed by atoms with Gasteiger partial charge in [0.05, 0.1) is 23.6 Å². The molecule has 140 valence electrons. The maximum absolute atomic E-state index is 12.3. The molecule has 2 aromatic heterocycles. The lowest BCUT2D eigenvalue weighted by Gasteiger charge is -2.09. The highest BCUT2D eigenvalue weighted by Crippen LogP contribution is 2.09. The van der Waals surface area contributed by atoms with Crippen molar-refractivity contribution in [3.8, 4) is 5.69 Å². The van der Waals surface area contributed by atoms with E-state index in [0.29, 0.717) is 23.9 Å². The quantitative estimate of drug-likeness (QED) is 0.560. The molecular formula is C21H19N5O2. The number of nitrogens with one attached hydrogen (secondary N) is 1. The number of fused-ring (bicyclic) bond motifs is 1. The van der Waals surface area contributed by atoms with Crippen molar-refractivity contribution in [1.82, 2.24) is 24.9 Å². The summed E-state index contributed by atoms with van der Waals surface area (Å²) in [4.78, 5) is 24.2. The zero-order valence-corrected chi connectivity index (χ0v) is 15.2. The summed E-state index contributed by atoms with van der Waals surface area (Å²) in [5.74, 6) is -0.156. The number of para-hydroxylation sites is 2. The third-order valence-electron chi connectivity index (χ3n) is 4.45. The van der Waals surface area contributed by atoms with Gasteiger partial charge in [-0.1, -0.05) is 30.3 Å². The van der Waals surface area contributed by atoms with Gasteiger partial charge in [0.2, 0.25) is 11.3 Å². The first-order valence-corrected chi connectivity index (χ1v) is 9.01. The SMILES string of the molecule is O=C(Cn1ncc(=O)c2ccccc21)NCCc1cnn(-c2ccccc2)c1. The smallest absolute Gasteiger partial charge is 0.241 e. The number of rotatable bonds is 6. The lowest BCUT2D eigenvalue weighted by molar-refractivity contribution is -0.121. The van der Waals surface area contributed by atoms with Crippen molar-refractivity contribution in [3.05, 3.63) is 89.0 Å². The van der Waals surface area contributed by atoms with Gasteiger partial charge in [-0.2, -0.15) is 10.2 Å². The number of nitrogens with zero attached hydrogens (tertiary/aromatic N) is 4. The fraction of sp³-hybridized carbons (Fsp3) is 0.143. The van der Waals surface area contributed by atoms with Crippen LogP contribution in [0, 0.1) is 0 Å². The Hall–Kier alpha value is -3.74. The molecule has 0 radical (unpaired) electrons. The van der Waals surface area contributed by atoms with Crippen molar-refractivity contribution in [2.75, 3.05) is 6.54 Å². The summed E-state index contributed by atoms with van der Waals surface area (Å²) in [6.45, 7) is 0.557. The molecule has 0 aliphatic carbocycles. The minimum Gasteiger partial charge on any atom is -0.354 e. The number of carbonyl (C=O) groups is 1. The summed E-state index contributed by atoms with van der Waals surface area (Å²) in [5.41, 5.74) is 2.53. The molecule has 0 aliphatic rings. The zero-order chi connectivity index (χ0) is 19.3. The molecule has 0 saturated heterocycles. The molecule has 7 nitrogen and oxygen atoms in total. The Morgan fingerprint density at radius 2 is 1.75 bits per heavy atom. The molecule has 28 heavy (non-hydrogen) atoms. The summed E-state index contributed by atoms with van der Waals surface area (Å²) in [5, 5.41) is 11.9. The van der Waals surface area contributed by atoms with E-state index in [9.17, 15) is 9.59 Å². The molecule has 1 amide bonds. The van der Waals surface area contributed by atoms with Crippen molar-refractivity contribution in [2.24, 2.45) is 0 Å². The fourth-order valence-electron chi connectivity index (χ4n) is 3.04. The first-order chi connectivity index (χ1) is 13.7. The van der Waals surface area contributed by atoms with Gasteiger partial charge >= 0.3 is 0 Å². The van der Waals surface area contributed by atoms with Gasteiger partial charge in [0.15, 0.2) is 0 Å². The van der Waals surface area contributed by atoms with Gasteiger partial charge in [-0.05, 0) is 36.2 Å². The molecule has 0 atom stereocenters. The van der Waals surface area contributed by atoms with Crippen LogP contribution in [0.1, 0.15) is 5.56 Å². The van der Waals surface area contributed by atoms with Gasteiger partial charge in [-0.3, -0.25) is 14.3 Å². The second-order valence-corrected chi connectivity index (χ2v) is 6.41. The van der Waals surface area contributed by atoms with E-state index in [1.165, 1.54) is 6.20 Å². The maximum Gasteiger partial charge on any atom is 0.241 e. The van der Waals surface area contributed by atoms with Crippen LogP contribution in [0.4, 0.5) is 0 Å². The monoisotopic (exact) mass is 373 g/mol. The normalized spacial score (nSPS) is 10.9. The molecule has 2 heterocycles. The number of amides is 1. The average molecular weight is 373 g/mol. The van der Waals surface area contributed by atoms with Crippen LogP contribution in [-0.4, -0.2) is 32.0 Å². The van der Waals surface area contributed by atoms with Gasteiger partial charge in [0.25, 0.3) is 0 Å². The van der Waals surface area contributed by atoms with Crippen LogP contribution in [0.2, 0.25) is 0 Å². The predicted molar refractivity (Wildman–Crippen MR) is 106 cm³/mol. The Balaban J connectivity index is 1.35. The van der Waals surface area contributed by atoms with Crippen molar-refractivity contribution in [3.63, 3.8) is 0 Å². The molecular weight excluding hydrogens is 354 g/mol. The minimum absolute atomic E-state index is 0.0596. The molecule has 7 heteroatoms. The van der Waals surface area contributed by atoms with Crippen molar-refractivity contribution < 1.29 is 4.79 Å². The van der Waals surface area contributed by atoms with Crippen LogP contribution in [0.3, 0.4) is 0 Å². The highest BCUT2D eigenvalue weighted by Gasteiger charge is 2.08. The molecule has 2 aromatic carbocycles.